The van der Waals surface area contributed by atoms with E-state index in [1.807, 2.05) is 18.7 Å². The Kier molecular flexibility index (Phi) is 6.58. The Bertz CT molecular complexity index is 478. The smallest absolute Gasteiger partial charge is 0.315 e. The Balaban J connectivity index is 1.75. The van der Waals surface area contributed by atoms with E-state index in [-0.39, 0.29) is 18.2 Å². The summed E-state index contributed by atoms with van der Waals surface area (Å²) in [5.41, 5.74) is 1.10. The molecule has 0 heterocycles. The van der Waals surface area contributed by atoms with Crippen LogP contribution in [-0.2, 0) is 0 Å². The van der Waals surface area contributed by atoms with Gasteiger partial charge in [0, 0.05) is 11.4 Å². The van der Waals surface area contributed by atoms with Gasteiger partial charge in [-0.15, -0.1) is 11.8 Å². The lowest BCUT2D eigenvalue weighted by Gasteiger charge is -2.17. The molecule has 0 bridgehead atoms. The number of thioether (sulfide) groups is 1. The first kappa shape index (κ1) is 17.2. The average molecular weight is 322 g/mol. The molecule has 1 aliphatic rings. The largest absolute Gasteiger partial charge is 0.393 e. The van der Waals surface area contributed by atoms with Crippen molar-refractivity contribution in [2.24, 2.45) is 5.92 Å². The number of carbonyl (C=O) groups is 1. The maximum atomic E-state index is 11.9. The number of hydrogen-bond acceptors (Lipinski definition) is 3. The van der Waals surface area contributed by atoms with Gasteiger partial charge >= 0.3 is 6.03 Å². The van der Waals surface area contributed by atoms with Crippen molar-refractivity contribution in [2.45, 2.75) is 50.2 Å². The van der Waals surface area contributed by atoms with Crippen LogP contribution in [0.4, 0.5) is 4.79 Å². The minimum atomic E-state index is -0.187. The fraction of sp³-hybridized carbons (Fsp3) is 0.588. The van der Waals surface area contributed by atoms with E-state index < -0.39 is 0 Å². The SMILES string of the molecule is CCSc1ccc(C(C)NC(=O)NCC2CCC(O)C2)cc1. The molecular weight excluding hydrogens is 296 g/mol. The molecule has 2 rings (SSSR count). The fourth-order valence-electron chi connectivity index (χ4n) is 2.82. The highest BCUT2D eigenvalue weighted by Crippen LogP contribution is 2.24. The van der Waals surface area contributed by atoms with Gasteiger partial charge in [-0.3, -0.25) is 0 Å². The van der Waals surface area contributed by atoms with Gasteiger partial charge in [0.05, 0.1) is 12.1 Å². The molecule has 0 aliphatic heterocycles. The van der Waals surface area contributed by atoms with Crippen molar-refractivity contribution in [1.29, 1.82) is 0 Å². The highest BCUT2D eigenvalue weighted by molar-refractivity contribution is 7.99. The quantitative estimate of drug-likeness (QED) is 0.704. The highest BCUT2D eigenvalue weighted by atomic mass is 32.2. The van der Waals surface area contributed by atoms with Gasteiger partial charge < -0.3 is 15.7 Å². The van der Waals surface area contributed by atoms with Crippen LogP contribution in [0.25, 0.3) is 0 Å². The van der Waals surface area contributed by atoms with Crippen LogP contribution in [0, 0.1) is 5.92 Å². The van der Waals surface area contributed by atoms with Gasteiger partial charge in [0.1, 0.15) is 0 Å². The molecule has 3 unspecified atom stereocenters. The average Bonchev–Trinajstić information content (AvgIpc) is 2.92. The second-order valence-corrected chi connectivity index (χ2v) is 7.25. The molecule has 3 atom stereocenters. The molecule has 0 saturated heterocycles. The molecule has 1 aromatic rings. The van der Waals surface area contributed by atoms with Gasteiger partial charge in [-0.2, -0.15) is 0 Å². The van der Waals surface area contributed by atoms with Crippen LogP contribution >= 0.6 is 11.8 Å². The summed E-state index contributed by atoms with van der Waals surface area (Å²) in [4.78, 5) is 13.2. The molecule has 122 valence electrons. The number of carbonyl (C=O) groups excluding carboxylic acids is 1. The summed E-state index contributed by atoms with van der Waals surface area (Å²) in [6, 6.07) is 8.17. The molecular formula is C17H26N2O2S. The Morgan fingerprint density at radius 2 is 2.09 bits per heavy atom. The molecule has 0 aromatic heterocycles. The van der Waals surface area contributed by atoms with E-state index in [4.69, 9.17) is 0 Å². The minimum Gasteiger partial charge on any atom is -0.393 e. The van der Waals surface area contributed by atoms with E-state index in [9.17, 15) is 9.90 Å². The van der Waals surface area contributed by atoms with Crippen molar-refractivity contribution >= 4 is 17.8 Å². The molecule has 0 spiro atoms. The first-order chi connectivity index (χ1) is 10.6. The Morgan fingerprint density at radius 3 is 2.68 bits per heavy atom. The minimum absolute atomic E-state index is 0.0187. The number of hydrogen-bond donors (Lipinski definition) is 3. The van der Waals surface area contributed by atoms with Crippen molar-refractivity contribution in [2.75, 3.05) is 12.3 Å². The molecule has 4 nitrogen and oxygen atoms in total. The lowest BCUT2D eigenvalue weighted by Crippen LogP contribution is -2.39. The predicted octanol–water partition coefficient (Wildman–Crippen LogP) is 3.32. The molecule has 3 N–H and O–H groups in total. The topological polar surface area (TPSA) is 61.4 Å². The number of benzene rings is 1. The Hall–Kier alpha value is -1.20. The van der Waals surface area contributed by atoms with E-state index >= 15 is 0 Å². The third-order valence-corrected chi connectivity index (χ3v) is 5.00. The van der Waals surface area contributed by atoms with E-state index in [0.717, 1.165) is 30.6 Å². The van der Waals surface area contributed by atoms with E-state index in [0.29, 0.717) is 12.5 Å². The summed E-state index contributed by atoms with van der Waals surface area (Å²) in [7, 11) is 0. The number of nitrogens with one attached hydrogen (secondary N) is 2. The van der Waals surface area contributed by atoms with Gasteiger partial charge in [-0.05, 0) is 55.6 Å². The second-order valence-electron chi connectivity index (χ2n) is 5.91. The van der Waals surface area contributed by atoms with E-state index in [2.05, 4.69) is 41.8 Å². The van der Waals surface area contributed by atoms with Crippen molar-refractivity contribution in [3.8, 4) is 0 Å². The summed E-state index contributed by atoms with van der Waals surface area (Å²) < 4.78 is 0. The third kappa shape index (κ3) is 5.21. The van der Waals surface area contributed by atoms with Crippen LogP contribution in [0.15, 0.2) is 29.2 Å². The number of amides is 2. The Labute approximate surface area is 137 Å². The monoisotopic (exact) mass is 322 g/mol. The summed E-state index contributed by atoms with van der Waals surface area (Å²) in [6.07, 6.45) is 2.46. The van der Waals surface area contributed by atoms with Gasteiger partial charge in [-0.1, -0.05) is 19.1 Å². The first-order valence-corrected chi connectivity index (χ1v) is 9.02. The number of urea groups is 1. The summed E-state index contributed by atoms with van der Waals surface area (Å²) in [5.74, 6) is 1.47. The summed E-state index contributed by atoms with van der Waals surface area (Å²) >= 11 is 1.81. The third-order valence-electron chi connectivity index (χ3n) is 4.10. The van der Waals surface area contributed by atoms with E-state index in [1.54, 1.807) is 0 Å². The second kappa shape index (κ2) is 8.44. The van der Waals surface area contributed by atoms with Gasteiger partial charge in [0.2, 0.25) is 0 Å². The maximum Gasteiger partial charge on any atom is 0.315 e. The van der Waals surface area contributed by atoms with Gasteiger partial charge in [0.15, 0.2) is 0 Å². The maximum absolute atomic E-state index is 11.9. The zero-order valence-corrected chi connectivity index (χ0v) is 14.2. The highest BCUT2D eigenvalue weighted by Gasteiger charge is 2.23. The molecule has 5 heteroatoms. The zero-order valence-electron chi connectivity index (χ0n) is 13.3. The molecule has 0 radical (unpaired) electrons. The van der Waals surface area contributed by atoms with Crippen molar-refractivity contribution in [1.82, 2.24) is 10.6 Å². The van der Waals surface area contributed by atoms with Crippen molar-refractivity contribution in [3.05, 3.63) is 29.8 Å². The van der Waals surface area contributed by atoms with Crippen LogP contribution in [0.5, 0.6) is 0 Å². The lowest BCUT2D eigenvalue weighted by atomic mass is 10.1. The van der Waals surface area contributed by atoms with Gasteiger partial charge in [-0.25, -0.2) is 4.79 Å². The lowest BCUT2D eigenvalue weighted by molar-refractivity contribution is 0.177. The van der Waals surface area contributed by atoms with Crippen molar-refractivity contribution < 1.29 is 9.90 Å². The number of rotatable bonds is 6. The predicted molar refractivity (Wildman–Crippen MR) is 91.1 cm³/mol. The van der Waals surface area contributed by atoms with Crippen molar-refractivity contribution in [3.63, 3.8) is 0 Å². The molecule has 1 aromatic carbocycles. The number of aliphatic hydroxyl groups is 1. The first-order valence-electron chi connectivity index (χ1n) is 8.03. The van der Waals surface area contributed by atoms with Crippen LogP contribution in [0.3, 0.4) is 0 Å². The summed E-state index contributed by atoms with van der Waals surface area (Å²) in [5, 5.41) is 15.4. The fourth-order valence-corrected chi connectivity index (χ4v) is 3.48. The molecule has 1 fully saturated rings. The van der Waals surface area contributed by atoms with Crippen LogP contribution < -0.4 is 10.6 Å². The summed E-state index contributed by atoms with van der Waals surface area (Å²) in [6.45, 7) is 4.76. The molecule has 22 heavy (non-hydrogen) atoms. The molecule has 1 saturated carbocycles. The van der Waals surface area contributed by atoms with Gasteiger partial charge in [0.25, 0.3) is 0 Å². The number of aliphatic hydroxyl groups excluding tert-OH is 1. The zero-order chi connectivity index (χ0) is 15.9. The molecule has 1 aliphatic carbocycles. The normalized spacial score (nSPS) is 22.3. The standard InChI is InChI=1S/C17H26N2O2S/c1-3-22-16-8-5-14(6-9-16)12(2)19-17(21)18-11-13-4-7-15(20)10-13/h5-6,8-9,12-13,15,20H,3-4,7,10-11H2,1-2H3,(H2,18,19,21). The Morgan fingerprint density at radius 1 is 1.36 bits per heavy atom. The molecule has 2 amide bonds. The van der Waals surface area contributed by atoms with Crippen LogP contribution in [0.1, 0.15) is 44.7 Å². The van der Waals surface area contributed by atoms with E-state index in [1.165, 1.54) is 4.90 Å². The van der Waals surface area contributed by atoms with Crippen LogP contribution in [0.2, 0.25) is 0 Å². The van der Waals surface area contributed by atoms with Crippen LogP contribution in [-0.4, -0.2) is 29.5 Å².